The Morgan fingerprint density at radius 2 is 0.481 bits per heavy atom. The molecule has 0 N–H and O–H groups in total. The van der Waals surface area contributed by atoms with E-state index in [-0.39, 0.29) is 44.0 Å². The highest BCUT2D eigenvalue weighted by Crippen LogP contribution is 2.15. The molecule has 0 heterocycles. The minimum atomic E-state index is -0.840. The number of esters is 3. The summed E-state index contributed by atoms with van der Waals surface area (Å²) in [6.07, 6.45) is 96.7. The third kappa shape index (κ3) is 63.5. The van der Waals surface area contributed by atoms with Gasteiger partial charge in [-0.25, -0.2) is 0 Å². The van der Waals surface area contributed by atoms with Crippen LogP contribution in [0, 0.1) is 0 Å². The summed E-state index contributed by atoms with van der Waals surface area (Å²) in [4.78, 5) is 38.2. The van der Waals surface area contributed by atoms with Crippen molar-refractivity contribution in [3.63, 3.8) is 0 Å². The van der Waals surface area contributed by atoms with Crippen LogP contribution >= 0.6 is 0 Å². The number of hydrogen-bond acceptors (Lipinski definition) is 6. The minimum Gasteiger partial charge on any atom is -0.462 e. The first-order valence-corrected chi connectivity index (χ1v) is 31.6. The SMILES string of the molecule is CC/C=C\C/C=C\C/C=C\C/C=C\C/C=C\C/C=C\CCCCC(=O)OC(COC(=O)CC/C=C\C/C=C\C/C=C\C/C=C\CC)COC(=O)CCCCCCCCCCCCCCCC/C=C\C/C=C\C/C=C\C/C=C\CC. The second-order valence-electron chi connectivity index (χ2n) is 20.2. The van der Waals surface area contributed by atoms with E-state index in [1.54, 1.807) is 0 Å². The summed E-state index contributed by atoms with van der Waals surface area (Å²) in [5, 5.41) is 0. The van der Waals surface area contributed by atoms with Gasteiger partial charge in [-0.05, 0) is 135 Å². The molecule has 6 heteroatoms. The summed E-state index contributed by atoms with van der Waals surface area (Å²) < 4.78 is 16.8. The number of unbranched alkanes of at least 4 members (excludes halogenated alkanes) is 16. The lowest BCUT2D eigenvalue weighted by Gasteiger charge is -2.18. The van der Waals surface area contributed by atoms with Crippen LogP contribution in [-0.4, -0.2) is 37.2 Å². The molecule has 0 fully saturated rings. The first-order chi connectivity index (χ1) is 39.0. The standard InChI is InChI=1S/C73H114O6/c1-4-7-10-13-16-19-22-25-27-29-31-33-34-35-36-37-38-40-41-43-45-48-51-54-57-60-63-66-72(75)78-69-70(68-77-71(74)65-62-59-56-53-50-47-24-21-18-15-12-9-6-3)79-73(76)67-64-61-58-55-52-49-46-44-42-39-32-30-28-26-23-20-17-14-11-8-5-2/h7-12,16-21,25-28,31-33,39,44,46-47,50,52,55-56,59,70H,4-6,13-15,22-24,29-30,34-38,40-43,45,48-49,51,53-54,57-58,60-69H2,1-3H3/b10-7-,11-8-,12-9-,19-16-,20-17-,21-18-,27-25-,28-26-,33-31-,39-32-,46-44-,50-47-,55-52-,59-56-. The average molecular weight is 1090 g/mol. The molecule has 0 amide bonds. The number of ether oxygens (including phenoxy) is 3. The van der Waals surface area contributed by atoms with Crippen molar-refractivity contribution in [2.45, 2.75) is 258 Å². The molecule has 0 aromatic carbocycles. The lowest BCUT2D eigenvalue weighted by molar-refractivity contribution is -0.166. The van der Waals surface area contributed by atoms with Crippen molar-refractivity contribution in [1.29, 1.82) is 0 Å². The van der Waals surface area contributed by atoms with E-state index in [1.165, 1.54) is 77.0 Å². The zero-order chi connectivity index (χ0) is 57.1. The fourth-order valence-electron chi connectivity index (χ4n) is 8.10. The van der Waals surface area contributed by atoms with Gasteiger partial charge in [0.2, 0.25) is 0 Å². The van der Waals surface area contributed by atoms with Gasteiger partial charge in [0, 0.05) is 19.3 Å². The lowest BCUT2D eigenvalue weighted by atomic mass is 10.0. The molecule has 1 atom stereocenters. The summed E-state index contributed by atoms with van der Waals surface area (Å²) in [5.41, 5.74) is 0. The maximum atomic E-state index is 12.9. The first-order valence-electron chi connectivity index (χ1n) is 31.6. The van der Waals surface area contributed by atoms with Gasteiger partial charge >= 0.3 is 17.9 Å². The molecule has 0 aromatic heterocycles. The van der Waals surface area contributed by atoms with E-state index in [2.05, 4.69) is 179 Å². The number of rotatable bonds is 55. The highest BCUT2D eigenvalue weighted by atomic mass is 16.6. The van der Waals surface area contributed by atoms with Crippen LogP contribution in [0.3, 0.4) is 0 Å². The second-order valence-corrected chi connectivity index (χ2v) is 20.2. The van der Waals surface area contributed by atoms with Crippen LogP contribution in [0.2, 0.25) is 0 Å². The Bertz CT molecular complexity index is 1820. The van der Waals surface area contributed by atoms with Crippen LogP contribution in [-0.2, 0) is 28.6 Å². The molecule has 6 nitrogen and oxygen atoms in total. The molecule has 0 aliphatic heterocycles. The van der Waals surface area contributed by atoms with Crippen molar-refractivity contribution >= 4 is 17.9 Å². The predicted octanol–water partition coefficient (Wildman–Crippen LogP) is 21.9. The van der Waals surface area contributed by atoms with E-state index in [0.717, 1.165) is 122 Å². The van der Waals surface area contributed by atoms with Crippen LogP contribution in [0.5, 0.6) is 0 Å². The molecule has 0 aromatic rings. The van der Waals surface area contributed by atoms with Gasteiger partial charge in [-0.2, -0.15) is 0 Å². The lowest BCUT2D eigenvalue weighted by Crippen LogP contribution is -2.30. The van der Waals surface area contributed by atoms with Crippen LogP contribution < -0.4 is 0 Å². The normalized spacial score (nSPS) is 13.3. The summed E-state index contributed by atoms with van der Waals surface area (Å²) in [7, 11) is 0. The van der Waals surface area contributed by atoms with E-state index >= 15 is 0 Å². The molecule has 0 aliphatic rings. The maximum Gasteiger partial charge on any atom is 0.306 e. The number of carbonyl (C=O) groups excluding carboxylic acids is 3. The predicted molar refractivity (Wildman–Crippen MR) is 343 cm³/mol. The molecular formula is C73H114O6. The van der Waals surface area contributed by atoms with Gasteiger partial charge in [0.25, 0.3) is 0 Å². The highest BCUT2D eigenvalue weighted by molar-refractivity contribution is 5.71. The molecular weight excluding hydrogens is 973 g/mol. The summed E-state index contributed by atoms with van der Waals surface area (Å²) in [6.45, 7) is 6.19. The maximum absolute atomic E-state index is 12.9. The molecule has 0 rings (SSSR count). The Labute approximate surface area is 485 Å². The van der Waals surface area contributed by atoms with Crippen molar-refractivity contribution in [2.24, 2.45) is 0 Å². The van der Waals surface area contributed by atoms with Gasteiger partial charge in [-0.15, -0.1) is 0 Å². The van der Waals surface area contributed by atoms with Crippen molar-refractivity contribution in [1.82, 2.24) is 0 Å². The average Bonchev–Trinajstić information content (AvgIpc) is 3.45. The first kappa shape index (κ1) is 73.8. The third-order valence-corrected chi connectivity index (χ3v) is 12.7. The van der Waals surface area contributed by atoms with E-state index in [4.69, 9.17) is 14.2 Å². The molecule has 0 bridgehead atoms. The Kier molecular flexibility index (Phi) is 61.0. The number of carbonyl (C=O) groups is 3. The van der Waals surface area contributed by atoms with E-state index in [1.807, 2.05) is 12.2 Å². The molecule has 0 saturated carbocycles. The van der Waals surface area contributed by atoms with E-state index in [0.29, 0.717) is 19.3 Å². The van der Waals surface area contributed by atoms with Gasteiger partial charge in [0.15, 0.2) is 6.10 Å². The molecule has 0 aliphatic carbocycles. The zero-order valence-electron chi connectivity index (χ0n) is 50.6. The van der Waals surface area contributed by atoms with E-state index < -0.39 is 6.10 Å². The summed E-state index contributed by atoms with van der Waals surface area (Å²) in [5.74, 6) is -1.06. The van der Waals surface area contributed by atoms with E-state index in [9.17, 15) is 14.4 Å². The molecule has 0 saturated heterocycles. The van der Waals surface area contributed by atoms with Crippen molar-refractivity contribution < 1.29 is 28.6 Å². The summed E-state index contributed by atoms with van der Waals surface area (Å²) in [6, 6.07) is 0. The fraction of sp³-hybridized carbons (Fsp3) is 0.575. The number of allylic oxidation sites excluding steroid dienone is 28. The van der Waals surface area contributed by atoms with Gasteiger partial charge in [-0.3, -0.25) is 14.4 Å². The van der Waals surface area contributed by atoms with Crippen molar-refractivity contribution in [2.75, 3.05) is 13.2 Å². The third-order valence-electron chi connectivity index (χ3n) is 12.7. The molecule has 442 valence electrons. The second kappa shape index (κ2) is 65.3. The highest BCUT2D eigenvalue weighted by Gasteiger charge is 2.19. The van der Waals surface area contributed by atoms with Crippen molar-refractivity contribution in [3.05, 3.63) is 170 Å². The van der Waals surface area contributed by atoms with Crippen LogP contribution in [0.25, 0.3) is 0 Å². The fourth-order valence-corrected chi connectivity index (χ4v) is 8.10. The molecule has 0 radical (unpaired) electrons. The molecule has 1 unspecified atom stereocenters. The minimum absolute atomic E-state index is 0.125. The topological polar surface area (TPSA) is 78.9 Å². The van der Waals surface area contributed by atoms with Gasteiger partial charge in [0.05, 0.1) is 0 Å². The quantitative estimate of drug-likeness (QED) is 0.0261. The Balaban J connectivity index is 4.43. The molecule has 0 spiro atoms. The Morgan fingerprint density at radius 1 is 0.253 bits per heavy atom. The van der Waals surface area contributed by atoms with Crippen molar-refractivity contribution in [3.8, 4) is 0 Å². The largest absolute Gasteiger partial charge is 0.462 e. The number of hydrogen-bond donors (Lipinski definition) is 0. The smallest absolute Gasteiger partial charge is 0.306 e. The van der Waals surface area contributed by atoms with Crippen LogP contribution in [0.1, 0.15) is 252 Å². The Morgan fingerprint density at radius 3 is 0.810 bits per heavy atom. The van der Waals surface area contributed by atoms with Gasteiger partial charge < -0.3 is 14.2 Å². The van der Waals surface area contributed by atoms with Crippen LogP contribution in [0.4, 0.5) is 0 Å². The van der Waals surface area contributed by atoms with Gasteiger partial charge in [-0.1, -0.05) is 268 Å². The monoisotopic (exact) mass is 1090 g/mol. The van der Waals surface area contributed by atoms with Gasteiger partial charge in [0.1, 0.15) is 13.2 Å². The summed E-state index contributed by atoms with van der Waals surface area (Å²) >= 11 is 0. The molecule has 79 heavy (non-hydrogen) atoms. The zero-order valence-corrected chi connectivity index (χ0v) is 50.6. The Hall–Kier alpha value is -5.23. The van der Waals surface area contributed by atoms with Crippen LogP contribution in [0.15, 0.2) is 170 Å².